The second-order valence-corrected chi connectivity index (χ2v) is 6.41. The van der Waals surface area contributed by atoms with Crippen LogP contribution in [0.1, 0.15) is 18.9 Å². The molecular weight excluding hydrogens is 356 g/mol. The molecular formula is C18H17BrN2O2. The monoisotopic (exact) mass is 372 g/mol. The van der Waals surface area contributed by atoms with Gasteiger partial charge < -0.3 is 5.32 Å². The summed E-state index contributed by atoms with van der Waals surface area (Å²) in [7, 11) is 0. The second-order valence-electron chi connectivity index (χ2n) is 5.50. The van der Waals surface area contributed by atoms with Crippen molar-refractivity contribution in [3.8, 4) is 0 Å². The van der Waals surface area contributed by atoms with Crippen LogP contribution in [0.3, 0.4) is 0 Å². The molecule has 2 aromatic rings. The molecule has 1 aliphatic heterocycles. The van der Waals surface area contributed by atoms with Gasteiger partial charge in [-0.3, -0.25) is 9.59 Å². The molecule has 1 fully saturated rings. The summed E-state index contributed by atoms with van der Waals surface area (Å²) in [6, 6.07) is 14.6. The van der Waals surface area contributed by atoms with E-state index in [9.17, 15) is 9.59 Å². The normalized spacial score (nSPS) is 17.7. The van der Waals surface area contributed by atoms with Gasteiger partial charge in [0.25, 0.3) is 5.91 Å². The number of hydrogen-bond acceptors (Lipinski definition) is 3. The highest BCUT2D eigenvalue weighted by Gasteiger charge is 2.39. The highest BCUT2D eigenvalue weighted by Crippen LogP contribution is 2.26. The van der Waals surface area contributed by atoms with Crippen LogP contribution in [0, 0.1) is 0 Å². The molecule has 4 nitrogen and oxygen atoms in total. The SMILES string of the molecule is CCc1ccc(N[C@@H]2CC(=O)N(c3ccc(Br)cc3)C2=O)cc1. The van der Waals surface area contributed by atoms with Crippen molar-refractivity contribution in [3.05, 3.63) is 58.6 Å². The largest absolute Gasteiger partial charge is 0.373 e. The average Bonchev–Trinajstić information content (AvgIpc) is 2.83. The van der Waals surface area contributed by atoms with E-state index in [0.29, 0.717) is 5.69 Å². The van der Waals surface area contributed by atoms with Crippen molar-refractivity contribution in [2.75, 3.05) is 10.2 Å². The lowest BCUT2D eigenvalue weighted by molar-refractivity contribution is -0.121. The Labute approximate surface area is 143 Å². The van der Waals surface area contributed by atoms with Gasteiger partial charge in [-0.25, -0.2) is 4.90 Å². The molecule has 0 radical (unpaired) electrons. The molecule has 0 spiro atoms. The number of benzene rings is 2. The fourth-order valence-corrected chi connectivity index (χ4v) is 2.91. The Balaban J connectivity index is 1.76. The molecule has 3 rings (SSSR count). The third kappa shape index (κ3) is 3.29. The average molecular weight is 373 g/mol. The van der Waals surface area contributed by atoms with E-state index in [1.807, 2.05) is 36.4 Å². The molecule has 2 aromatic carbocycles. The van der Waals surface area contributed by atoms with Crippen molar-refractivity contribution >= 4 is 39.1 Å². The molecule has 23 heavy (non-hydrogen) atoms. The topological polar surface area (TPSA) is 49.4 Å². The van der Waals surface area contributed by atoms with Crippen LogP contribution < -0.4 is 10.2 Å². The molecule has 1 heterocycles. The Morgan fingerprint density at radius 1 is 1.09 bits per heavy atom. The molecule has 118 valence electrons. The Morgan fingerprint density at radius 2 is 1.74 bits per heavy atom. The van der Waals surface area contributed by atoms with Crippen molar-refractivity contribution in [3.63, 3.8) is 0 Å². The Morgan fingerprint density at radius 3 is 2.35 bits per heavy atom. The van der Waals surface area contributed by atoms with Gasteiger partial charge in [0, 0.05) is 10.2 Å². The lowest BCUT2D eigenvalue weighted by Gasteiger charge is -2.16. The maximum absolute atomic E-state index is 12.6. The molecule has 0 unspecified atom stereocenters. The number of amides is 2. The zero-order valence-electron chi connectivity index (χ0n) is 12.8. The number of carbonyl (C=O) groups excluding carboxylic acids is 2. The smallest absolute Gasteiger partial charge is 0.256 e. The lowest BCUT2D eigenvalue weighted by atomic mass is 10.1. The summed E-state index contributed by atoms with van der Waals surface area (Å²) in [5.74, 6) is -0.392. The van der Waals surface area contributed by atoms with Crippen molar-refractivity contribution in [2.24, 2.45) is 0 Å². The predicted octanol–water partition coefficient (Wildman–Crippen LogP) is 3.76. The van der Waals surface area contributed by atoms with Gasteiger partial charge in [0.15, 0.2) is 0 Å². The molecule has 0 bridgehead atoms. The number of nitrogens with one attached hydrogen (secondary N) is 1. The molecule has 1 saturated heterocycles. The Hall–Kier alpha value is -2.14. The first kappa shape index (κ1) is 15.7. The lowest BCUT2D eigenvalue weighted by Crippen LogP contribution is -2.34. The number of aryl methyl sites for hydroxylation is 1. The van der Waals surface area contributed by atoms with Crippen molar-refractivity contribution < 1.29 is 9.59 Å². The Kier molecular flexibility index (Phi) is 4.48. The van der Waals surface area contributed by atoms with Crippen LogP contribution >= 0.6 is 15.9 Å². The summed E-state index contributed by atoms with van der Waals surface area (Å²) in [4.78, 5) is 26.0. The van der Waals surface area contributed by atoms with Gasteiger partial charge in [-0.2, -0.15) is 0 Å². The van der Waals surface area contributed by atoms with E-state index < -0.39 is 6.04 Å². The molecule has 0 aromatic heterocycles. The van der Waals surface area contributed by atoms with Crippen molar-refractivity contribution in [1.82, 2.24) is 0 Å². The number of imide groups is 1. The van der Waals surface area contributed by atoms with Gasteiger partial charge in [-0.15, -0.1) is 0 Å². The first-order valence-corrected chi connectivity index (χ1v) is 8.35. The third-order valence-corrected chi connectivity index (χ3v) is 4.46. The van der Waals surface area contributed by atoms with Crippen LogP contribution in [0.5, 0.6) is 0 Å². The van der Waals surface area contributed by atoms with E-state index in [1.54, 1.807) is 12.1 Å². The van der Waals surface area contributed by atoms with Crippen molar-refractivity contribution in [2.45, 2.75) is 25.8 Å². The summed E-state index contributed by atoms with van der Waals surface area (Å²) in [5, 5.41) is 3.16. The summed E-state index contributed by atoms with van der Waals surface area (Å²) in [5.41, 5.74) is 2.70. The van der Waals surface area contributed by atoms with Crippen LogP contribution in [0.2, 0.25) is 0 Å². The number of carbonyl (C=O) groups is 2. The standard InChI is InChI=1S/C18H17BrN2O2/c1-2-12-3-7-14(8-4-12)20-16-11-17(22)21(18(16)23)15-9-5-13(19)6-10-15/h3-10,16,20H,2,11H2,1H3/t16-/m1/s1. The van der Waals surface area contributed by atoms with Crippen LogP contribution in [0.15, 0.2) is 53.0 Å². The molecule has 5 heteroatoms. The Bertz CT molecular complexity index is 726. The minimum absolute atomic E-state index is 0.171. The number of halogens is 1. The molecule has 1 atom stereocenters. The minimum Gasteiger partial charge on any atom is -0.373 e. The number of anilines is 2. The van der Waals surface area contributed by atoms with Crippen LogP contribution in [-0.4, -0.2) is 17.9 Å². The van der Waals surface area contributed by atoms with E-state index in [2.05, 4.69) is 28.2 Å². The van der Waals surface area contributed by atoms with Crippen molar-refractivity contribution in [1.29, 1.82) is 0 Å². The summed E-state index contributed by atoms with van der Waals surface area (Å²) < 4.78 is 0.908. The molecule has 2 amide bonds. The molecule has 1 aliphatic rings. The molecule has 0 saturated carbocycles. The fraction of sp³-hybridized carbons (Fsp3) is 0.222. The quantitative estimate of drug-likeness (QED) is 0.831. The van der Waals surface area contributed by atoms with Crippen LogP contribution in [-0.2, 0) is 16.0 Å². The molecule has 1 N–H and O–H groups in total. The van der Waals surface area contributed by atoms with Gasteiger partial charge in [0.2, 0.25) is 5.91 Å². The zero-order valence-corrected chi connectivity index (χ0v) is 14.3. The van der Waals surface area contributed by atoms with Gasteiger partial charge in [-0.05, 0) is 48.4 Å². The molecule has 0 aliphatic carbocycles. The van der Waals surface area contributed by atoms with E-state index in [1.165, 1.54) is 10.5 Å². The maximum atomic E-state index is 12.6. The van der Waals surface area contributed by atoms with Crippen LogP contribution in [0.4, 0.5) is 11.4 Å². The van der Waals surface area contributed by atoms with E-state index in [0.717, 1.165) is 16.6 Å². The minimum atomic E-state index is -0.515. The first-order chi connectivity index (χ1) is 11.1. The summed E-state index contributed by atoms with van der Waals surface area (Å²) in [6.45, 7) is 2.09. The number of rotatable bonds is 4. The van der Waals surface area contributed by atoms with Crippen LogP contribution in [0.25, 0.3) is 0 Å². The van der Waals surface area contributed by atoms with Gasteiger partial charge >= 0.3 is 0 Å². The fourth-order valence-electron chi connectivity index (χ4n) is 2.64. The second kappa shape index (κ2) is 6.54. The number of nitrogens with zero attached hydrogens (tertiary/aromatic N) is 1. The highest BCUT2D eigenvalue weighted by atomic mass is 79.9. The summed E-state index contributed by atoms with van der Waals surface area (Å²) in [6.07, 6.45) is 1.14. The number of hydrogen-bond donors (Lipinski definition) is 1. The first-order valence-electron chi connectivity index (χ1n) is 7.56. The van der Waals surface area contributed by atoms with E-state index in [-0.39, 0.29) is 18.2 Å². The van der Waals surface area contributed by atoms with Gasteiger partial charge in [0.1, 0.15) is 6.04 Å². The van der Waals surface area contributed by atoms with E-state index >= 15 is 0 Å². The summed E-state index contributed by atoms with van der Waals surface area (Å²) >= 11 is 3.35. The van der Waals surface area contributed by atoms with E-state index in [4.69, 9.17) is 0 Å². The highest BCUT2D eigenvalue weighted by molar-refractivity contribution is 9.10. The third-order valence-electron chi connectivity index (χ3n) is 3.93. The maximum Gasteiger partial charge on any atom is 0.256 e. The van der Waals surface area contributed by atoms with Gasteiger partial charge in [-0.1, -0.05) is 35.0 Å². The predicted molar refractivity (Wildman–Crippen MR) is 94.5 cm³/mol. The zero-order chi connectivity index (χ0) is 16.4. The van der Waals surface area contributed by atoms with Gasteiger partial charge in [0.05, 0.1) is 12.1 Å².